The third-order valence-corrected chi connectivity index (χ3v) is 13.1. The summed E-state index contributed by atoms with van der Waals surface area (Å²) >= 11 is 61.9. The monoisotopic (exact) mass is 1260 g/mol. The maximum Gasteiger partial charge on any atom is 0.123 e. The van der Waals surface area contributed by atoms with Crippen LogP contribution in [0.3, 0.4) is 0 Å². The highest BCUT2D eigenvalue weighted by Crippen LogP contribution is 2.42. The predicted octanol–water partition coefficient (Wildman–Crippen LogP) is 15.1. The fourth-order valence-electron chi connectivity index (χ4n) is 8.33. The Hall–Kier alpha value is -3.00. The molecule has 0 spiro atoms. The first-order chi connectivity index (χ1) is 37.6. The number of aryl methyl sites for hydroxylation is 2. The lowest BCUT2D eigenvalue weighted by Crippen LogP contribution is -2.10. The molecule has 0 aliphatic heterocycles. The number of benzene rings is 5. The highest BCUT2D eigenvalue weighted by atomic mass is 35.5. The third-order valence-electron chi connectivity index (χ3n) is 11.6. The lowest BCUT2D eigenvalue weighted by Gasteiger charge is -2.22. The Morgan fingerprint density at radius 2 is 0.390 bits per heavy atom. The van der Waals surface area contributed by atoms with Gasteiger partial charge in [0.2, 0.25) is 0 Å². The highest BCUT2D eigenvalue weighted by Gasteiger charge is 2.23. The van der Waals surface area contributed by atoms with Crippen LogP contribution >= 0.6 is 116 Å². The van der Waals surface area contributed by atoms with Crippen molar-refractivity contribution < 1.29 is 47.4 Å². The largest absolute Gasteiger partial charge is 0.492 e. The molecule has 0 aliphatic carbocycles. The van der Waals surface area contributed by atoms with Gasteiger partial charge in [-0.15, -0.1) is 116 Å². The van der Waals surface area contributed by atoms with Crippen LogP contribution in [0.2, 0.25) is 0 Å². The molecule has 5 aromatic rings. The van der Waals surface area contributed by atoms with E-state index in [4.69, 9.17) is 163 Å². The van der Waals surface area contributed by atoms with E-state index in [1.54, 1.807) is 0 Å². The van der Waals surface area contributed by atoms with Crippen molar-refractivity contribution in [2.45, 2.75) is 46.0 Å². The molecular weight excluding hydrogens is 1200 g/mol. The van der Waals surface area contributed by atoms with E-state index in [1.165, 1.54) is 0 Å². The first-order valence-electron chi connectivity index (χ1n) is 25.3. The summed E-state index contributed by atoms with van der Waals surface area (Å²) in [6, 6.07) is 19.7. The van der Waals surface area contributed by atoms with E-state index >= 15 is 0 Å². The number of ether oxygens (including phenoxy) is 10. The molecule has 0 bridgehead atoms. The lowest BCUT2D eigenvalue weighted by atomic mass is 9.94. The van der Waals surface area contributed by atoms with Gasteiger partial charge in [0.05, 0.1) is 58.8 Å². The summed E-state index contributed by atoms with van der Waals surface area (Å²) in [4.78, 5) is 0. The summed E-state index contributed by atoms with van der Waals surface area (Å²) in [6.07, 6.45) is 2.13. The summed E-state index contributed by atoms with van der Waals surface area (Å²) in [5.74, 6) is 9.09. The van der Waals surface area contributed by atoms with Crippen LogP contribution in [0.25, 0.3) is 0 Å². The van der Waals surface area contributed by atoms with Crippen LogP contribution < -0.4 is 47.4 Å². The normalized spacial score (nSPS) is 11.1. The Morgan fingerprint density at radius 3 is 0.584 bits per heavy atom. The molecule has 0 atom stereocenters. The van der Waals surface area contributed by atoms with Crippen molar-refractivity contribution in [1.29, 1.82) is 0 Å². The first kappa shape index (κ1) is 64.8. The zero-order valence-electron chi connectivity index (χ0n) is 43.3. The molecule has 0 N–H and O–H groups in total. The first-order valence-corrected chi connectivity index (χ1v) is 30.6. The van der Waals surface area contributed by atoms with Crippen molar-refractivity contribution in [2.75, 3.05) is 125 Å². The quantitative estimate of drug-likeness (QED) is 0.0354. The molecule has 0 aromatic heterocycles. The SMILES string of the molecule is CCc1cc(OCCCl)c(Cc2cc(OCCCl)c(Cc3cc(OCCCl)c(Cc4cc(OCCCl)c(Cc5cc(OCCCl)c(C)cc5OCCCl)cc4OCCCl)cc3OCCCl)cc2OCCCl)cc1OCCCl. The molecule has 0 amide bonds. The topological polar surface area (TPSA) is 92.3 Å². The van der Waals surface area contributed by atoms with Crippen molar-refractivity contribution in [3.05, 3.63) is 116 Å². The Morgan fingerprint density at radius 1 is 0.234 bits per heavy atom. The van der Waals surface area contributed by atoms with E-state index in [9.17, 15) is 0 Å². The van der Waals surface area contributed by atoms with Crippen molar-refractivity contribution in [1.82, 2.24) is 0 Å². The Bertz CT molecular complexity index is 2570. The minimum Gasteiger partial charge on any atom is -0.492 e. The van der Waals surface area contributed by atoms with Crippen LogP contribution in [0.4, 0.5) is 0 Å². The molecule has 5 rings (SSSR count). The van der Waals surface area contributed by atoms with Crippen LogP contribution in [0.5, 0.6) is 57.5 Å². The van der Waals surface area contributed by atoms with Gasteiger partial charge in [-0.25, -0.2) is 0 Å². The molecule has 0 unspecified atom stereocenters. The molecule has 0 saturated heterocycles. The van der Waals surface area contributed by atoms with Gasteiger partial charge in [-0.05, 0) is 85.1 Å². The standard InChI is InChI=1S/C57H66Cl10O10/c1-3-39-29-51(71-17-7-61)41(31-50(39)70-16-6-60)26-43-33-55(75-21-11-65)45(35-54(43)74-20-10-64)28-47-37-56(76-22-12-66)46(36-57(47)77-23-13-67)27-44-34-52(72-18-8-62)42(32-53(44)73-19-9-63)25-40-30-48(68-14-4-58)38(2)24-49(40)69-15-5-59/h24,29-37H,3-23,25-28H2,1-2H3. The van der Waals surface area contributed by atoms with Gasteiger partial charge < -0.3 is 47.4 Å². The average Bonchev–Trinajstić information content (AvgIpc) is 3.45. The van der Waals surface area contributed by atoms with E-state index in [0.717, 1.165) is 67.8 Å². The molecule has 20 heteroatoms. The smallest absolute Gasteiger partial charge is 0.123 e. The second kappa shape index (κ2) is 36.4. The molecule has 424 valence electrons. The van der Waals surface area contributed by atoms with Crippen LogP contribution in [-0.2, 0) is 32.1 Å². The zero-order chi connectivity index (χ0) is 55.4. The van der Waals surface area contributed by atoms with E-state index in [-0.39, 0.29) is 74.9 Å². The molecule has 0 heterocycles. The maximum absolute atomic E-state index is 6.46. The third kappa shape index (κ3) is 20.2. The van der Waals surface area contributed by atoms with Gasteiger partial charge in [0, 0.05) is 70.2 Å². The molecule has 0 fully saturated rings. The van der Waals surface area contributed by atoms with Crippen molar-refractivity contribution >= 4 is 116 Å². The van der Waals surface area contributed by atoms with E-state index in [2.05, 4.69) is 6.92 Å². The van der Waals surface area contributed by atoms with E-state index in [1.807, 2.05) is 67.6 Å². The second-order valence-corrected chi connectivity index (χ2v) is 20.7. The van der Waals surface area contributed by atoms with E-state index < -0.39 is 0 Å². The fraction of sp³-hybridized carbons (Fsp3) is 0.474. The second-order valence-electron chi connectivity index (χ2n) is 16.9. The molecule has 0 aliphatic rings. The number of halogens is 10. The number of hydrogen-bond acceptors (Lipinski definition) is 10. The summed E-state index contributed by atoms with van der Waals surface area (Å²) in [7, 11) is 0. The number of alkyl halides is 10. The molecule has 0 saturated carbocycles. The van der Waals surface area contributed by atoms with Gasteiger partial charge >= 0.3 is 0 Å². The van der Waals surface area contributed by atoms with Gasteiger partial charge in [0.15, 0.2) is 0 Å². The summed E-state index contributed by atoms with van der Waals surface area (Å²) in [5.41, 5.74) is 8.35. The minimum absolute atomic E-state index is 0.222. The number of hydrogen-bond donors (Lipinski definition) is 0. The lowest BCUT2D eigenvalue weighted by molar-refractivity contribution is 0.322. The Balaban J connectivity index is 1.65. The molecule has 0 radical (unpaired) electrons. The van der Waals surface area contributed by atoms with Crippen LogP contribution in [-0.4, -0.2) is 125 Å². The maximum atomic E-state index is 6.46. The summed E-state index contributed by atoms with van der Waals surface area (Å²) in [5, 5.41) is 0. The van der Waals surface area contributed by atoms with Gasteiger partial charge in [-0.1, -0.05) is 6.92 Å². The van der Waals surface area contributed by atoms with E-state index in [0.29, 0.717) is 127 Å². The molecule has 77 heavy (non-hydrogen) atoms. The summed E-state index contributed by atoms with van der Waals surface area (Å²) < 4.78 is 63.0. The minimum atomic E-state index is 0.222. The number of rotatable bonds is 39. The molecule has 10 nitrogen and oxygen atoms in total. The van der Waals surface area contributed by atoms with Crippen molar-refractivity contribution in [2.24, 2.45) is 0 Å². The van der Waals surface area contributed by atoms with Gasteiger partial charge in [0.25, 0.3) is 0 Å². The predicted molar refractivity (Wildman–Crippen MR) is 320 cm³/mol. The Kier molecular flexibility index (Phi) is 30.6. The van der Waals surface area contributed by atoms with Crippen LogP contribution in [0.15, 0.2) is 60.7 Å². The van der Waals surface area contributed by atoms with Gasteiger partial charge in [0.1, 0.15) is 124 Å². The van der Waals surface area contributed by atoms with Crippen molar-refractivity contribution in [3.63, 3.8) is 0 Å². The van der Waals surface area contributed by atoms with Crippen LogP contribution in [0.1, 0.15) is 62.6 Å². The average molecular weight is 1270 g/mol. The molecular formula is C57H66Cl10O10. The van der Waals surface area contributed by atoms with Crippen molar-refractivity contribution in [3.8, 4) is 57.5 Å². The summed E-state index contributed by atoms with van der Waals surface area (Å²) in [6.45, 7) is 6.74. The fourth-order valence-corrected chi connectivity index (χ4v) is 9.10. The van der Waals surface area contributed by atoms with Gasteiger partial charge in [-0.2, -0.15) is 0 Å². The van der Waals surface area contributed by atoms with Gasteiger partial charge in [-0.3, -0.25) is 0 Å². The molecule has 5 aromatic carbocycles. The zero-order valence-corrected chi connectivity index (χ0v) is 50.9. The van der Waals surface area contributed by atoms with Crippen LogP contribution in [0, 0.1) is 6.92 Å². The Labute approximate surface area is 504 Å². The highest BCUT2D eigenvalue weighted by molar-refractivity contribution is 6.19.